The number of terminal acetylenes is 1. The van der Waals surface area contributed by atoms with Crippen LogP contribution in [-0.4, -0.2) is 40.8 Å². The summed E-state index contributed by atoms with van der Waals surface area (Å²) >= 11 is 0. The molecule has 5 unspecified atom stereocenters. The van der Waals surface area contributed by atoms with E-state index >= 15 is 0 Å². The van der Waals surface area contributed by atoms with Gasteiger partial charge in [-0.3, -0.25) is 4.79 Å². The number of ketones is 1. The van der Waals surface area contributed by atoms with Gasteiger partial charge >= 0.3 is 0 Å². The molecule has 5 aliphatic rings. The fraction of sp³-hybridized carbons (Fsp3) is 0.606. The lowest BCUT2D eigenvalue weighted by Crippen LogP contribution is -2.45. The predicted octanol–water partition coefficient (Wildman–Crippen LogP) is 5.94. The Labute approximate surface area is 222 Å². The Bertz CT molecular complexity index is 1130. The van der Waals surface area contributed by atoms with E-state index in [-0.39, 0.29) is 11.5 Å². The molecule has 1 aromatic rings. The van der Waals surface area contributed by atoms with Crippen molar-refractivity contribution in [1.82, 2.24) is 0 Å². The molecular formula is C33H43NO3. The molecule has 1 saturated heterocycles. The van der Waals surface area contributed by atoms with Crippen LogP contribution in [-0.2, 0) is 4.79 Å². The zero-order chi connectivity index (χ0) is 26.4. The first-order valence-corrected chi connectivity index (χ1v) is 14.3. The number of aliphatic hydroxyl groups excluding tert-OH is 1. The van der Waals surface area contributed by atoms with Gasteiger partial charge in [-0.15, -0.1) is 6.42 Å². The van der Waals surface area contributed by atoms with Crippen LogP contribution in [0, 0.1) is 29.6 Å². The minimum Gasteiger partial charge on any atom is -0.393 e. The highest BCUT2D eigenvalue weighted by Gasteiger charge is 2.56. The maximum absolute atomic E-state index is 12.1. The van der Waals surface area contributed by atoms with Crippen molar-refractivity contribution in [3.8, 4) is 12.3 Å². The lowest BCUT2D eigenvalue weighted by molar-refractivity contribution is -0.114. The third kappa shape index (κ3) is 5.06. The van der Waals surface area contributed by atoms with Crippen molar-refractivity contribution in [3.63, 3.8) is 0 Å². The van der Waals surface area contributed by atoms with Crippen molar-refractivity contribution in [2.75, 3.05) is 18.0 Å². The van der Waals surface area contributed by atoms with Gasteiger partial charge in [0.1, 0.15) is 5.60 Å². The van der Waals surface area contributed by atoms with Crippen molar-refractivity contribution in [1.29, 1.82) is 0 Å². The molecule has 4 aliphatic carbocycles. The van der Waals surface area contributed by atoms with Gasteiger partial charge in [-0.2, -0.15) is 0 Å². The number of carbonyl (C=O) groups is 1. The minimum absolute atomic E-state index is 0.0126. The Kier molecular flexibility index (Phi) is 7.16. The van der Waals surface area contributed by atoms with Crippen LogP contribution in [0.25, 0.3) is 0 Å². The van der Waals surface area contributed by atoms with Crippen molar-refractivity contribution in [3.05, 3.63) is 52.6 Å². The monoisotopic (exact) mass is 501 g/mol. The molecule has 0 bridgehead atoms. The molecule has 2 N–H and O–H groups in total. The number of fused-ring (bicyclic) bond motifs is 4. The summed E-state index contributed by atoms with van der Waals surface area (Å²) in [5, 5.41) is 19.6. The maximum atomic E-state index is 12.1. The SMILES string of the molecule is C#CC(C)(C)O.CC12CC(c3ccc(N4CCCC4)cc3)C3=C4CCC(=O)C=C4CCC3C1CCC2O. The molecule has 4 heteroatoms. The first-order valence-electron chi connectivity index (χ1n) is 14.3. The number of anilines is 1. The predicted molar refractivity (Wildman–Crippen MR) is 149 cm³/mol. The number of benzene rings is 1. The van der Waals surface area contributed by atoms with Gasteiger partial charge in [0.05, 0.1) is 6.10 Å². The average molecular weight is 502 g/mol. The smallest absolute Gasteiger partial charge is 0.156 e. The quantitative estimate of drug-likeness (QED) is 0.493. The van der Waals surface area contributed by atoms with Gasteiger partial charge in [-0.05, 0) is 117 Å². The van der Waals surface area contributed by atoms with Crippen molar-refractivity contribution in [2.45, 2.75) is 96.2 Å². The molecule has 2 saturated carbocycles. The van der Waals surface area contributed by atoms with Gasteiger partial charge in [0.15, 0.2) is 5.78 Å². The van der Waals surface area contributed by atoms with Gasteiger partial charge in [0, 0.05) is 31.1 Å². The number of nitrogens with zero attached hydrogens (tertiary/aromatic N) is 1. The van der Waals surface area contributed by atoms with Crippen LogP contribution in [0.3, 0.4) is 0 Å². The summed E-state index contributed by atoms with van der Waals surface area (Å²) < 4.78 is 0. The molecule has 1 aromatic carbocycles. The van der Waals surface area contributed by atoms with Crippen LogP contribution in [0.15, 0.2) is 47.1 Å². The maximum Gasteiger partial charge on any atom is 0.156 e. The fourth-order valence-corrected chi connectivity index (χ4v) is 7.82. The molecular weight excluding hydrogens is 458 g/mol. The second-order valence-corrected chi connectivity index (χ2v) is 12.7. The molecule has 37 heavy (non-hydrogen) atoms. The minimum atomic E-state index is -0.931. The largest absolute Gasteiger partial charge is 0.393 e. The Morgan fingerprint density at radius 3 is 2.38 bits per heavy atom. The lowest BCUT2D eigenvalue weighted by atomic mass is 9.53. The molecule has 0 aromatic heterocycles. The van der Waals surface area contributed by atoms with Gasteiger partial charge < -0.3 is 15.1 Å². The molecule has 4 nitrogen and oxygen atoms in total. The van der Waals surface area contributed by atoms with Crippen LogP contribution >= 0.6 is 0 Å². The summed E-state index contributed by atoms with van der Waals surface area (Å²) in [5.74, 6) is 4.00. The summed E-state index contributed by atoms with van der Waals surface area (Å²) in [4.78, 5) is 14.6. The van der Waals surface area contributed by atoms with E-state index < -0.39 is 5.60 Å². The summed E-state index contributed by atoms with van der Waals surface area (Å²) in [6.45, 7) is 7.83. The summed E-state index contributed by atoms with van der Waals surface area (Å²) in [6.07, 6.45) is 16.1. The van der Waals surface area contributed by atoms with E-state index in [1.54, 1.807) is 19.4 Å². The van der Waals surface area contributed by atoms with E-state index in [0.29, 0.717) is 30.0 Å². The van der Waals surface area contributed by atoms with Gasteiger partial charge in [0.2, 0.25) is 0 Å². The molecule has 0 spiro atoms. The number of carbonyl (C=O) groups excluding carboxylic acids is 1. The molecule has 0 radical (unpaired) electrons. The summed E-state index contributed by atoms with van der Waals surface area (Å²) in [7, 11) is 0. The third-order valence-corrected chi connectivity index (χ3v) is 9.80. The van der Waals surface area contributed by atoms with Crippen molar-refractivity contribution in [2.24, 2.45) is 17.3 Å². The van der Waals surface area contributed by atoms with E-state index in [9.17, 15) is 9.90 Å². The molecule has 0 amide bonds. The fourth-order valence-electron chi connectivity index (χ4n) is 7.82. The first kappa shape index (κ1) is 26.3. The lowest BCUT2D eigenvalue weighted by Gasteiger charge is -2.52. The third-order valence-electron chi connectivity index (χ3n) is 9.80. The number of hydrogen-bond acceptors (Lipinski definition) is 4. The number of aliphatic hydroxyl groups is 2. The summed E-state index contributed by atoms with van der Waals surface area (Å²) in [5.41, 5.74) is 6.31. The van der Waals surface area contributed by atoms with Crippen LogP contribution in [0.1, 0.15) is 90.0 Å². The Morgan fingerprint density at radius 2 is 1.73 bits per heavy atom. The Balaban J connectivity index is 0.000000421. The highest BCUT2D eigenvalue weighted by Crippen LogP contribution is 2.63. The number of allylic oxidation sites excluding steroid dienone is 4. The highest BCUT2D eigenvalue weighted by molar-refractivity contribution is 5.93. The number of rotatable bonds is 2. The van der Waals surface area contributed by atoms with Crippen LogP contribution in [0.4, 0.5) is 5.69 Å². The molecule has 198 valence electrons. The highest BCUT2D eigenvalue weighted by atomic mass is 16.3. The zero-order valence-electron chi connectivity index (χ0n) is 22.8. The standard InChI is InChI=1S/C28H35NO2.C5H8O/c1-28-17-24(18-4-7-20(8-5-18)29-14-2-3-15-29)27-22-11-9-21(30)16-19(22)6-10-23(27)25(28)12-13-26(28)31;1-4-5(2,3)6/h4-5,7-8,16,23-26,31H,2-3,6,9-15,17H2,1H3;1,6H,2-3H3. The van der Waals surface area contributed by atoms with Gasteiger partial charge in [-0.1, -0.05) is 30.6 Å². The van der Waals surface area contributed by atoms with Crippen molar-refractivity contribution >= 4 is 11.5 Å². The van der Waals surface area contributed by atoms with E-state index in [1.165, 1.54) is 48.3 Å². The summed E-state index contributed by atoms with van der Waals surface area (Å²) in [6, 6.07) is 9.37. The van der Waals surface area contributed by atoms with Crippen molar-refractivity contribution < 1.29 is 15.0 Å². The van der Waals surface area contributed by atoms with Crippen LogP contribution < -0.4 is 4.90 Å². The van der Waals surface area contributed by atoms with Gasteiger partial charge in [-0.25, -0.2) is 0 Å². The van der Waals surface area contributed by atoms with Gasteiger partial charge in [0.25, 0.3) is 0 Å². The molecule has 1 aliphatic heterocycles. The molecule has 5 atom stereocenters. The topological polar surface area (TPSA) is 60.8 Å². The molecule has 1 heterocycles. The normalized spacial score (nSPS) is 33.0. The first-order chi connectivity index (χ1) is 17.6. The van der Waals surface area contributed by atoms with Crippen LogP contribution in [0.5, 0.6) is 0 Å². The van der Waals surface area contributed by atoms with E-state index in [1.807, 2.05) is 6.08 Å². The second kappa shape index (κ2) is 10.1. The van der Waals surface area contributed by atoms with E-state index in [4.69, 9.17) is 11.5 Å². The molecule has 3 fully saturated rings. The average Bonchev–Trinajstić information content (AvgIpc) is 3.52. The van der Waals surface area contributed by atoms with E-state index in [2.05, 4.69) is 42.0 Å². The number of hydrogen-bond donors (Lipinski definition) is 2. The van der Waals surface area contributed by atoms with E-state index in [0.717, 1.165) is 38.5 Å². The molecule has 6 rings (SSSR count). The Morgan fingerprint density at radius 1 is 1.05 bits per heavy atom. The van der Waals surface area contributed by atoms with Crippen LogP contribution in [0.2, 0.25) is 0 Å². The Hall–Kier alpha value is -2.35. The zero-order valence-corrected chi connectivity index (χ0v) is 22.8. The second-order valence-electron chi connectivity index (χ2n) is 12.7.